The van der Waals surface area contributed by atoms with E-state index in [1.165, 1.54) is 17.2 Å². The van der Waals surface area contributed by atoms with Gasteiger partial charge in [0.05, 0.1) is 6.20 Å². The van der Waals surface area contributed by atoms with Crippen LogP contribution in [0.5, 0.6) is 0 Å². The number of carbonyl (C=O) groups is 2. The molecule has 2 rings (SSSR count). The van der Waals surface area contributed by atoms with E-state index in [2.05, 4.69) is 10.1 Å². The van der Waals surface area contributed by atoms with Crippen LogP contribution in [-0.4, -0.2) is 53.9 Å². The summed E-state index contributed by atoms with van der Waals surface area (Å²) in [5.74, 6) is -1.39. The quantitative estimate of drug-likeness (QED) is 0.624. The van der Waals surface area contributed by atoms with E-state index < -0.39 is 11.8 Å². The molecule has 0 spiro atoms. The monoisotopic (exact) mass is 236 g/mol. The molecule has 1 atom stereocenters. The fourth-order valence-electron chi connectivity index (χ4n) is 1.65. The van der Waals surface area contributed by atoms with E-state index in [4.69, 9.17) is 4.52 Å². The van der Waals surface area contributed by atoms with Crippen LogP contribution in [0, 0.1) is 0 Å². The third-order valence-electron chi connectivity index (χ3n) is 2.48. The minimum Gasteiger partial charge on any atom is -0.360 e. The van der Waals surface area contributed by atoms with E-state index in [1.807, 2.05) is 0 Å². The van der Waals surface area contributed by atoms with Crippen LogP contribution >= 0.6 is 0 Å². The molecule has 0 fully saturated rings. The summed E-state index contributed by atoms with van der Waals surface area (Å²) in [6, 6.07) is 1.49. The maximum absolute atomic E-state index is 12.1. The van der Waals surface area contributed by atoms with E-state index >= 15 is 0 Å². The zero-order valence-electron chi connectivity index (χ0n) is 9.75. The predicted octanol–water partition coefficient (Wildman–Crippen LogP) is -0.326. The van der Waals surface area contributed by atoms with Gasteiger partial charge >= 0.3 is 0 Å². The van der Waals surface area contributed by atoms with Crippen molar-refractivity contribution in [1.82, 2.24) is 15.0 Å². The zero-order valence-corrected chi connectivity index (χ0v) is 9.75. The van der Waals surface area contributed by atoms with E-state index in [9.17, 15) is 9.59 Å². The molecule has 1 unspecified atom stereocenters. The molecule has 0 N–H and O–H groups in total. The Hall–Kier alpha value is -2.18. The van der Waals surface area contributed by atoms with Crippen LogP contribution in [0.25, 0.3) is 0 Å². The molecule has 2 amide bonds. The Morgan fingerprint density at radius 1 is 1.41 bits per heavy atom. The molecular weight excluding hydrogens is 224 g/mol. The molecular formula is C10H12N4O3. The smallest absolute Gasteiger partial charge is 0.269 e. The van der Waals surface area contributed by atoms with Gasteiger partial charge in [0.2, 0.25) is 11.9 Å². The summed E-state index contributed by atoms with van der Waals surface area (Å²) in [7, 11) is 4.99. The van der Waals surface area contributed by atoms with Crippen LogP contribution in [0.3, 0.4) is 0 Å². The predicted molar refractivity (Wildman–Crippen MR) is 58.1 cm³/mol. The Morgan fingerprint density at radius 2 is 2.12 bits per heavy atom. The lowest BCUT2D eigenvalue weighted by Crippen LogP contribution is -2.49. The molecule has 0 aliphatic carbocycles. The fraction of sp³-hybridized carbons (Fsp3) is 0.400. The number of likely N-dealkylation sites (N-methyl/N-ethyl adjacent to an activating group) is 1. The number of rotatable bonds is 1. The first-order valence-electron chi connectivity index (χ1n) is 5.00. The van der Waals surface area contributed by atoms with E-state index in [-0.39, 0.29) is 11.7 Å². The molecule has 0 saturated carbocycles. The lowest BCUT2D eigenvalue weighted by Gasteiger charge is -2.30. The van der Waals surface area contributed by atoms with Crippen molar-refractivity contribution in [3.63, 3.8) is 0 Å². The third kappa shape index (κ3) is 1.79. The normalized spacial score (nSPS) is 20.5. The summed E-state index contributed by atoms with van der Waals surface area (Å²) in [5, 5.41) is 3.49. The lowest BCUT2D eigenvalue weighted by molar-refractivity contribution is -0.136. The van der Waals surface area contributed by atoms with Crippen molar-refractivity contribution in [2.45, 2.75) is 5.92 Å². The largest absolute Gasteiger partial charge is 0.360 e. The molecule has 0 bridgehead atoms. The third-order valence-corrected chi connectivity index (χ3v) is 2.48. The highest BCUT2D eigenvalue weighted by Gasteiger charge is 2.40. The van der Waals surface area contributed by atoms with Gasteiger partial charge in [-0.05, 0) is 0 Å². The Kier molecular flexibility index (Phi) is 2.66. The van der Waals surface area contributed by atoms with Crippen LogP contribution in [-0.2, 0) is 9.59 Å². The number of guanidine groups is 1. The molecule has 17 heavy (non-hydrogen) atoms. The molecule has 1 aliphatic heterocycles. The zero-order chi connectivity index (χ0) is 12.6. The Bertz CT molecular complexity index is 478. The lowest BCUT2D eigenvalue weighted by atomic mass is 10.0. The summed E-state index contributed by atoms with van der Waals surface area (Å²) in [5.41, 5.74) is 0. The van der Waals surface area contributed by atoms with Crippen molar-refractivity contribution in [2.75, 3.05) is 21.1 Å². The molecule has 0 radical (unpaired) electrons. The molecule has 1 aromatic heterocycles. The van der Waals surface area contributed by atoms with E-state index in [1.54, 1.807) is 26.0 Å². The van der Waals surface area contributed by atoms with Crippen molar-refractivity contribution in [3.8, 4) is 0 Å². The highest BCUT2D eigenvalue weighted by atomic mass is 16.5. The van der Waals surface area contributed by atoms with Crippen molar-refractivity contribution in [1.29, 1.82) is 0 Å². The number of hydrogen-bond acceptors (Lipinski definition) is 5. The topological polar surface area (TPSA) is 79.0 Å². The number of aromatic nitrogens is 1. The summed E-state index contributed by atoms with van der Waals surface area (Å²) >= 11 is 0. The fourth-order valence-corrected chi connectivity index (χ4v) is 1.65. The summed E-state index contributed by atoms with van der Waals surface area (Å²) in [4.78, 5) is 30.7. The molecule has 0 aromatic carbocycles. The van der Waals surface area contributed by atoms with Crippen LogP contribution in [0.15, 0.2) is 21.8 Å². The second-order valence-corrected chi connectivity index (χ2v) is 3.89. The first-order chi connectivity index (χ1) is 8.02. The van der Waals surface area contributed by atoms with Gasteiger partial charge in [0.1, 0.15) is 0 Å². The maximum atomic E-state index is 12.1. The number of hydrogen-bond donors (Lipinski definition) is 0. The van der Waals surface area contributed by atoms with Gasteiger partial charge < -0.3 is 9.42 Å². The molecule has 1 aliphatic rings. The molecule has 1 aromatic rings. The molecule has 7 nitrogen and oxygen atoms in total. The van der Waals surface area contributed by atoms with Crippen LogP contribution < -0.4 is 0 Å². The molecule has 7 heteroatoms. The van der Waals surface area contributed by atoms with Gasteiger partial charge in [0.15, 0.2) is 11.7 Å². The van der Waals surface area contributed by atoms with Gasteiger partial charge in [0.25, 0.3) is 5.91 Å². The van der Waals surface area contributed by atoms with Crippen LogP contribution in [0.1, 0.15) is 11.7 Å². The second-order valence-electron chi connectivity index (χ2n) is 3.89. The highest BCUT2D eigenvalue weighted by molar-refractivity contribution is 6.17. The van der Waals surface area contributed by atoms with Gasteiger partial charge in [-0.1, -0.05) is 5.16 Å². The number of nitrogens with zero attached hydrogens (tertiary/aromatic N) is 4. The Labute approximate surface area is 97.7 Å². The molecule has 0 saturated heterocycles. The maximum Gasteiger partial charge on any atom is 0.269 e. The van der Waals surface area contributed by atoms with Crippen LogP contribution in [0.2, 0.25) is 0 Å². The first kappa shape index (κ1) is 11.3. The van der Waals surface area contributed by atoms with Gasteiger partial charge in [-0.3, -0.25) is 14.5 Å². The van der Waals surface area contributed by atoms with Crippen molar-refractivity contribution in [2.24, 2.45) is 4.99 Å². The molecule has 90 valence electrons. The summed E-state index contributed by atoms with van der Waals surface area (Å²) in [6.07, 6.45) is 1.39. The minimum atomic E-state index is -1.02. The average molecular weight is 236 g/mol. The Balaban J connectivity index is 2.41. The standard InChI is InChI=1S/C10H12N4O3/c1-13(2)10-12-8(15)7(9(16)14(10)3)6-4-5-11-17-6/h4-5,7H,1-3H3. The number of carbonyl (C=O) groups excluding carboxylic acids is 2. The van der Waals surface area contributed by atoms with Crippen molar-refractivity contribution in [3.05, 3.63) is 18.0 Å². The van der Waals surface area contributed by atoms with Crippen molar-refractivity contribution < 1.29 is 14.1 Å². The van der Waals surface area contributed by atoms with E-state index in [0.29, 0.717) is 5.96 Å². The van der Waals surface area contributed by atoms with Gasteiger partial charge in [-0.25, -0.2) is 0 Å². The SMILES string of the molecule is CN(C)C1=NC(=O)C(c2ccno2)C(=O)N1C. The number of amides is 2. The van der Waals surface area contributed by atoms with Gasteiger partial charge in [0, 0.05) is 27.2 Å². The van der Waals surface area contributed by atoms with Gasteiger partial charge in [-0.15, -0.1) is 0 Å². The first-order valence-corrected chi connectivity index (χ1v) is 5.00. The Morgan fingerprint density at radius 3 is 2.65 bits per heavy atom. The highest BCUT2D eigenvalue weighted by Crippen LogP contribution is 2.23. The average Bonchev–Trinajstić information content (AvgIpc) is 2.76. The second kappa shape index (κ2) is 4.00. The summed E-state index contributed by atoms with van der Waals surface area (Å²) in [6.45, 7) is 0. The summed E-state index contributed by atoms with van der Waals surface area (Å²) < 4.78 is 4.86. The minimum absolute atomic E-state index is 0.216. The molecule has 2 heterocycles. The van der Waals surface area contributed by atoms with Crippen LogP contribution in [0.4, 0.5) is 0 Å². The van der Waals surface area contributed by atoms with E-state index in [0.717, 1.165) is 0 Å². The van der Waals surface area contributed by atoms with Gasteiger partial charge in [-0.2, -0.15) is 4.99 Å². The number of aliphatic imine (C=N–C) groups is 1. The van der Waals surface area contributed by atoms with Crippen molar-refractivity contribution >= 4 is 17.8 Å².